The first-order valence-electron chi connectivity index (χ1n) is 10.5. The van der Waals surface area contributed by atoms with Crippen molar-refractivity contribution < 1.29 is 19.4 Å². The highest BCUT2D eigenvalue weighted by molar-refractivity contribution is 9.10. The van der Waals surface area contributed by atoms with Gasteiger partial charge in [-0.3, -0.25) is 9.59 Å². The summed E-state index contributed by atoms with van der Waals surface area (Å²) in [5.74, 6) is -0.274. The summed E-state index contributed by atoms with van der Waals surface area (Å²) in [7, 11) is 0. The van der Waals surface area contributed by atoms with Crippen molar-refractivity contribution in [3.8, 4) is 0 Å². The molecule has 0 aromatic carbocycles. The van der Waals surface area contributed by atoms with Crippen molar-refractivity contribution in [2.75, 3.05) is 18.0 Å². The zero-order valence-corrected chi connectivity index (χ0v) is 21.2. The van der Waals surface area contributed by atoms with E-state index in [1.165, 1.54) is 0 Å². The molecule has 0 atom stereocenters. The SMILES string of the molecule is CC(C)(C)O.Cc1nc(C=O)c(Br)c(N2CCC(C)(C)CC2)c1CC(=O)OC(C)C. The van der Waals surface area contributed by atoms with Gasteiger partial charge in [0.2, 0.25) is 0 Å². The zero-order chi connectivity index (χ0) is 23.3. The maximum absolute atomic E-state index is 12.2. The van der Waals surface area contributed by atoms with Gasteiger partial charge in [0.25, 0.3) is 0 Å². The molecule has 1 fully saturated rings. The van der Waals surface area contributed by atoms with E-state index in [4.69, 9.17) is 9.84 Å². The number of carbonyl (C=O) groups is 2. The molecular weight excluding hydrogens is 448 g/mol. The number of piperidine rings is 1. The third-order valence-corrected chi connectivity index (χ3v) is 5.46. The topological polar surface area (TPSA) is 79.7 Å². The molecule has 6 nitrogen and oxygen atoms in total. The van der Waals surface area contributed by atoms with Gasteiger partial charge in [0.15, 0.2) is 6.29 Å². The molecule has 0 spiro atoms. The Bertz CT molecular complexity index is 739. The van der Waals surface area contributed by atoms with Gasteiger partial charge in [0, 0.05) is 24.3 Å². The van der Waals surface area contributed by atoms with E-state index in [9.17, 15) is 9.59 Å². The lowest BCUT2D eigenvalue weighted by Gasteiger charge is -2.39. The highest BCUT2D eigenvalue weighted by atomic mass is 79.9. The van der Waals surface area contributed by atoms with Gasteiger partial charge in [-0.25, -0.2) is 4.98 Å². The second-order valence-corrected chi connectivity index (χ2v) is 10.7. The maximum atomic E-state index is 12.2. The minimum atomic E-state index is -0.500. The van der Waals surface area contributed by atoms with Crippen LogP contribution in [0.2, 0.25) is 0 Å². The van der Waals surface area contributed by atoms with E-state index < -0.39 is 5.60 Å². The number of nitrogens with zero attached hydrogens (tertiary/aromatic N) is 2. The van der Waals surface area contributed by atoms with Crippen molar-refractivity contribution in [3.05, 3.63) is 21.4 Å². The number of ether oxygens (including phenoxy) is 1. The Labute approximate surface area is 189 Å². The molecule has 1 aliphatic heterocycles. The summed E-state index contributed by atoms with van der Waals surface area (Å²) in [6.45, 7) is 17.1. The smallest absolute Gasteiger partial charge is 0.310 e. The average molecular weight is 485 g/mol. The molecule has 7 heteroatoms. The minimum absolute atomic E-state index is 0.155. The molecule has 0 amide bonds. The summed E-state index contributed by atoms with van der Waals surface area (Å²) < 4.78 is 5.98. The third kappa shape index (κ3) is 8.72. The van der Waals surface area contributed by atoms with Crippen molar-refractivity contribution in [1.29, 1.82) is 0 Å². The molecule has 0 radical (unpaired) electrons. The molecule has 0 saturated carbocycles. The van der Waals surface area contributed by atoms with Gasteiger partial charge in [-0.15, -0.1) is 0 Å². The monoisotopic (exact) mass is 484 g/mol. The molecule has 2 rings (SSSR count). The van der Waals surface area contributed by atoms with E-state index in [1.54, 1.807) is 20.8 Å². The molecule has 0 aliphatic carbocycles. The number of anilines is 1. The van der Waals surface area contributed by atoms with Crippen LogP contribution in [0.4, 0.5) is 5.69 Å². The van der Waals surface area contributed by atoms with Gasteiger partial charge in [0.1, 0.15) is 5.69 Å². The molecule has 1 aliphatic rings. The van der Waals surface area contributed by atoms with Crippen LogP contribution in [0.15, 0.2) is 4.47 Å². The summed E-state index contributed by atoms with van der Waals surface area (Å²) in [6.07, 6.45) is 2.88. The number of aromatic nitrogens is 1. The van der Waals surface area contributed by atoms with Crippen molar-refractivity contribution in [3.63, 3.8) is 0 Å². The Balaban J connectivity index is 0.000000804. The van der Waals surface area contributed by atoms with E-state index >= 15 is 0 Å². The Kier molecular flexibility index (Phi) is 9.49. The highest BCUT2D eigenvalue weighted by Gasteiger charge is 2.30. The van der Waals surface area contributed by atoms with Gasteiger partial charge in [-0.1, -0.05) is 13.8 Å². The lowest BCUT2D eigenvalue weighted by molar-refractivity contribution is -0.146. The van der Waals surface area contributed by atoms with E-state index in [0.717, 1.165) is 43.5 Å². The van der Waals surface area contributed by atoms with Gasteiger partial charge >= 0.3 is 5.97 Å². The summed E-state index contributed by atoms with van der Waals surface area (Å²) in [4.78, 5) is 30.2. The lowest BCUT2D eigenvalue weighted by Crippen LogP contribution is -2.38. The molecule has 1 aromatic heterocycles. The van der Waals surface area contributed by atoms with E-state index in [1.807, 2.05) is 20.8 Å². The first kappa shape index (κ1) is 26.6. The number of carbonyl (C=O) groups excluding carboxylic acids is 2. The van der Waals surface area contributed by atoms with Crippen LogP contribution in [0.25, 0.3) is 0 Å². The molecular formula is C23H37BrN2O4. The van der Waals surface area contributed by atoms with Crippen LogP contribution >= 0.6 is 15.9 Å². The lowest BCUT2D eigenvalue weighted by atomic mass is 9.82. The fourth-order valence-corrected chi connectivity index (χ4v) is 3.80. The van der Waals surface area contributed by atoms with Gasteiger partial charge in [-0.05, 0) is 75.7 Å². The summed E-state index contributed by atoms with van der Waals surface area (Å²) >= 11 is 3.54. The summed E-state index contributed by atoms with van der Waals surface area (Å²) in [5.41, 5.74) is 2.63. The second kappa shape index (κ2) is 10.7. The van der Waals surface area contributed by atoms with Crippen LogP contribution in [-0.2, 0) is 16.0 Å². The number of aldehydes is 1. The van der Waals surface area contributed by atoms with Gasteiger partial charge < -0.3 is 14.7 Å². The Morgan fingerprint density at radius 3 is 2.23 bits per heavy atom. The number of hydrogen-bond acceptors (Lipinski definition) is 6. The number of halogens is 1. The molecule has 0 bridgehead atoms. The predicted molar refractivity (Wildman–Crippen MR) is 124 cm³/mol. The van der Waals surface area contributed by atoms with Crippen molar-refractivity contribution in [1.82, 2.24) is 4.98 Å². The van der Waals surface area contributed by atoms with Gasteiger partial charge in [-0.2, -0.15) is 0 Å². The van der Waals surface area contributed by atoms with Gasteiger partial charge in [0.05, 0.1) is 28.3 Å². The molecule has 30 heavy (non-hydrogen) atoms. The van der Waals surface area contributed by atoms with Crippen LogP contribution < -0.4 is 4.90 Å². The maximum Gasteiger partial charge on any atom is 0.310 e. The average Bonchev–Trinajstić information content (AvgIpc) is 2.56. The molecule has 1 aromatic rings. The van der Waals surface area contributed by atoms with E-state index in [-0.39, 0.29) is 18.5 Å². The molecule has 2 heterocycles. The predicted octanol–water partition coefficient (Wildman–Crippen LogP) is 4.86. The van der Waals surface area contributed by atoms with Crippen LogP contribution in [0, 0.1) is 12.3 Å². The first-order valence-corrected chi connectivity index (χ1v) is 11.2. The van der Waals surface area contributed by atoms with Crippen LogP contribution in [-0.4, -0.2) is 47.1 Å². The fraction of sp³-hybridized carbons (Fsp3) is 0.696. The Morgan fingerprint density at radius 2 is 1.80 bits per heavy atom. The quantitative estimate of drug-likeness (QED) is 0.474. The molecule has 170 valence electrons. The van der Waals surface area contributed by atoms with Crippen molar-refractivity contribution in [2.24, 2.45) is 5.41 Å². The first-order chi connectivity index (χ1) is 13.6. The largest absolute Gasteiger partial charge is 0.463 e. The molecule has 1 N–H and O–H groups in total. The van der Waals surface area contributed by atoms with Crippen LogP contribution in [0.5, 0.6) is 0 Å². The third-order valence-electron chi connectivity index (χ3n) is 4.68. The number of esters is 1. The van der Waals surface area contributed by atoms with E-state index in [0.29, 0.717) is 21.3 Å². The zero-order valence-electron chi connectivity index (χ0n) is 19.6. The Morgan fingerprint density at radius 1 is 1.30 bits per heavy atom. The number of hydrogen-bond donors (Lipinski definition) is 1. The van der Waals surface area contributed by atoms with Crippen LogP contribution in [0.3, 0.4) is 0 Å². The number of pyridine rings is 1. The van der Waals surface area contributed by atoms with E-state index in [2.05, 4.69) is 39.7 Å². The second-order valence-electron chi connectivity index (χ2n) is 9.88. The fourth-order valence-electron chi connectivity index (χ4n) is 3.13. The highest BCUT2D eigenvalue weighted by Crippen LogP contribution is 2.39. The van der Waals surface area contributed by atoms with Crippen molar-refractivity contribution >= 4 is 33.9 Å². The molecule has 1 saturated heterocycles. The van der Waals surface area contributed by atoms with Crippen LogP contribution in [0.1, 0.15) is 83.1 Å². The summed E-state index contributed by atoms with van der Waals surface area (Å²) in [5, 5.41) is 8.52. The number of aliphatic hydroxyl groups is 1. The standard InChI is InChI=1S/C19H27BrN2O3.C4H10O/c1-12(2)25-16(24)10-14-13(3)21-15(11-23)17(20)18(14)22-8-6-19(4,5)7-9-22;1-4(2,3)5/h11-12H,6-10H2,1-5H3;5H,1-3H3. The summed E-state index contributed by atoms with van der Waals surface area (Å²) in [6, 6.07) is 0. The number of aryl methyl sites for hydroxylation is 1. The number of rotatable bonds is 5. The normalized spacial score (nSPS) is 16.0. The molecule has 0 unspecified atom stereocenters. The van der Waals surface area contributed by atoms with Crippen molar-refractivity contribution in [2.45, 2.75) is 86.4 Å². The Hall–Kier alpha value is -1.47. The minimum Gasteiger partial charge on any atom is -0.463 e.